The van der Waals surface area contributed by atoms with Gasteiger partial charge in [0.1, 0.15) is 5.82 Å². The fourth-order valence-corrected chi connectivity index (χ4v) is 2.37. The second-order valence-corrected chi connectivity index (χ2v) is 5.71. The molecule has 1 aromatic heterocycles. The van der Waals surface area contributed by atoms with Crippen LogP contribution in [0.4, 0.5) is 10.2 Å². The molecule has 0 saturated carbocycles. The molecule has 0 saturated heterocycles. The molecule has 0 bridgehead atoms. The minimum atomic E-state index is -0.476. The van der Waals surface area contributed by atoms with Crippen LogP contribution in [-0.2, 0) is 6.54 Å². The van der Waals surface area contributed by atoms with Crippen molar-refractivity contribution in [3.63, 3.8) is 0 Å². The topological polar surface area (TPSA) is 77.2 Å². The average Bonchev–Trinajstić information content (AvgIpc) is 2.65. The largest absolute Gasteiger partial charge is 0.491 e. The number of nitrogen functional groups attached to an aromatic ring is 1. The zero-order valence-corrected chi connectivity index (χ0v) is 14.5. The number of nitrogens with two attached hydrogens (primary N) is 1. The number of ether oxygens (including phenoxy) is 1. The molecule has 0 atom stereocenters. The number of hydrogen-bond acceptors (Lipinski definition) is 4. The molecule has 5 nitrogen and oxygen atoms in total. The summed E-state index contributed by atoms with van der Waals surface area (Å²) in [7, 11) is 0. The van der Waals surface area contributed by atoms with Gasteiger partial charge < -0.3 is 15.8 Å². The number of halogens is 1. The lowest BCUT2D eigenvalue weighted by atomic mass is 10.1. The summed E-state index contributed by atoms with van der Waals surface area (Å²) in [5.74, 6) is 2.01. The maximum Gasteiger partial charge on any atom is 0.255 e. The molecule has 0 unspecified atom stereocenters. The SMILES string of the molecule is C#CCCCCCOc1cccc(CNC(=O)c2cccnc2N)c1F. The number of hydrogen-bond donors (Lipinski definition) is 2. The molecule has 1 amide bonds. The summed E-state index contributed by atoms with van der Waals surface area (Å²) >= 11 is 0. The van der Waals surface area contributed by atoms with Crippen LogP contribution in [-0.4, -0.2) is 17.5 Å². The van der Waals surface area contributed by atoms with Gasteiger partial charge in [-0.2, -0.15) is 0 Å². The third-order valence-corrected chi connectivity index (χ3v) is 3.79. The fourth-order valence-electron chi connectivity index (χ4n) is 2.37. The van der Waals surface area contributed by atoms with Gasteiger partial charge in [-0.05, 0) is 37.5 Å². The highest BCUT2D eigenvalue weighted by molar-refractivity contribution is 5.98. The third-order valence-electron chi connectivity index (χ3n) is 3.79. The summed E-state index contributed by atoms with van der Waals surface area (Å²) in [4.78, 5) is 16.0. The smallest absolute Gasteiger partial charge is 0.255 e. The summed E-state index contributed by atoms with van der Waals surface area (Å²) in [5.41, 5.74) is 6.26. The van der Waals surface area contributed by atoms with Gasteiger partial charge in [-0.3, -0.25) is 4.79 Å². The number of nitrogens with zero attached hydrogens (tertiary/aromatic N) is 1. The van der Waals surface area contributed by atoms with Gasteiger partial charge in [0.25, 0.3) is 5.91 Å². The van der Waals surface area contributed by atoms with E-state index in [1.54, 1.807) is 30.3 Å². The van der Waals surface area contributed by atoms with E-state index in [0.717, 1.165) is 25.7 Å². The van der Waals surface area contributed by atoms with Crippen LogP contribution >= 0.6 is 0 Å². The molecule has 2 rings (SSSR count). The number of amides is 1. The Morgan fingerprint density at radius 1 is 1.27 bits per heavy atom. The van der Waals surface area contributed by atoms with Crippen molar-refractivity contribution in [3.05, 3.63) is 53.5 Å². The molecule has 0 aliphatic heterocycles. The summed E-state index contributed by atoms with van der Waals surface area (Å²) in [5, 5.41) is 2.64. The molecule has 3 N–H and O–H groups in total. The molecule has 136 valence electrons. The minimum Gasteiger partial charge on any atom is -0.491 e. The first-order valence-electron chi connectivity index (χ1n) is 8.46. The Hall–Kier alpha value is -3.07. The fraction of sp³-hybridized carbons (Fsp3) is 0.300. The lowest BCUT2D eigenvalue weighted by molar-refractivity contribution is 0.0951. The molecule has 1 heterocycles. The van der Waals surface area contributed by atoms with Crippen molar-refractivity contribution in [2.45, 2.75) is 32.2 Å². The highest BCUT2D eigenvalue weighted by Gasteiger charge is 2.13. The van der Waals surface area contributed by atoms with Crippen molar-refractivity contribution < 1.29 is 13.9 Å². The molecular formula is C20H22FN3O2. The Morgan fingerprint density at radius 3 is 2.88 bits per heavy atom. The number of rotatable bonds is 9. The first-order chi connectivity index (χ1) is 12.6. The van der Waals surface area contributed by atoms with E-state index in [-0.39, 0.29) is 23.7 Å². The Labute approximate surface area is 152 Å². The van der Waals surface area contributed by atoms with Crippen LogP contribution < -0.4 is 15.8 Å². The van der Waals surface area contributed by atoms with E-state index < -0.39 is 11.7 Å². The van der Waals surface area contributed by atoms with Crippen LogP contribution in [0.25, 0.3) is 0 Å². The summed E-state index contributed by atoms with van der Waals surface area (Å²) < 4.78 is 20.0. The van der Waals surface area contributed by atoms with E-state index in [9.17, 15) is 9.18 Å². The number of unbranched alkanes of at least 4 members (excludes halogenated alkanes) is 3. The molecule has 2 aromatic rings. The second-order valence-electron chi connectivity index (χ2n) is 5.71. The maximum absolute atomic E-state index is 14.5. The molecule has 6 heteroatoms. The van der Waals surface area contributed by atoms with E-state index in [1.807, 2.05) is 0 Å². The molecule has 0 fully saturated rings. The van der Waals surface area contributed by atoms with E-state index >= 15 is 0 Å². The zero-order valence-electron chi connectivity index (χ0n) is 14.5. The standard InChI is InChI=1S/C20H22FN3O2/c1-2-3-4-5-6-13-26-17-11-7-9-15(18(17)21)14-24-20(25)16-10-8-12-23-19(16)22/h1,7-12H,3-6,13-14H2,(H2,22,23)(H,24,25). The quantitative estimate of drug-likeness (QED) is 0.534. The van der Waals surface area contributed by atoms with Crippen molar-refractivity contribution in [2.75, 3.05) is 12.3 Å². The number of aromatic nitrogens is 1. The number of benzene rings is 1. The van der Waals surface area contributed by atoms with Gasteiger partial charge in [0, 0.05) is 24.7 Å². The van der Waals surface area contributed by atoms with Crippen molar-refractivity contribution in [3.8, 4) is 18.1 Å². The molecule has 0 aliphatic carbocycles. The van der Waals surface area contributed by atoms with Crippen LogP contribution in [0.3, 0.4) is 0 Å². The third kappa shape index (κ3) is 5.49. The van der Waals surface area contributed by atoms with E-state index in [0.29, 0.717) is 12.2 Å². The first-order valence-corrected chi connectivity index (χ1v) is 8.46. The van der Waals surface area contributed by atoms with Gasteiger partial charge in [0.2, 0.25) is 0 Å². The predicted octanol–water partition coefficient (Wildman–Crippen LogP) is 3.31. The van der Waals surface area contributed by atoms with Crippen LogP contribution in [0, 0.1) is 18.2 Å². The number of anilines is 1. The Kier molecular flexibility index (Phi) is 7.44. The highest BCUT2D eigenvalue weighted by Crippen LogP contribution is 2.21. The van der Waals surface area contributed by atoms with Crippen molar-refractivity contribution in [1.29, 1.82) is 0 Å². The van der Waals surface area contributed by atoms with Gasteiger partial charge in [0.05, 0.1) is 12.2 Å². The van der Waals surface area contributed by atoms with Crippen LogP contribution in [0.2, 0.25) is 0 Å². The summed E-state index contributed by atoms with van der Waals surface area (Å²) in [6.45, 7) is 0.446. The van der Waals surface area contributed by atoms with Crippen molar-refractivity contribution in [1.82, 2.24) is 10.3 Å². The molecular weight excluding hydrogens is 333 g/mol. The zero-order chi connectivity index (χ0) is 18.8. The normalized spacial score (nSPS) is 10.2. The van der Waals surface area contributed by atoms with E-state index in [4.69, 9.17) is 16.9 Å². The number of nitrogens with one attached hydrogen (secondary N) is 1. The van der Waals surface area contributed by atoms with Gasteiger partial charge in [-0.25, -0.2) is 9.37 Å². The Bertz CT molecular complexity index is 787. The lowest BCUT2D eigenvalue weighted by Crippen LogP contribution is -2.24. The number of pyridine rings is 1. The summed E-state index contributed by atoms with van der Waals surface area (Å²) in [6, 6.07) is 8.04. The van der Waals surface area contributed by atoms with Gasteiger partial charge in [-0.15, -0.1) is 12.3 Å². The van der Waals surface area contributed by atoms with Crippen LogP contribution in [0.5, 0.6) is 5.75 Å². The minimum absolute atomic E-state index is 0.0262. The molecule has 0 aliphatic rings. The first kappa shape index (κ1) is 19.3. The van der Waals surface area contributed by atoms with Gasteiger partial charge >= 0.3 is 0 Å². The average molecular weight is 355 g/mol. The van der Waals surface area contributed by atoms with Gasteiger partial charge in [0.15, 0.2) is 11.6 Å². The molecule has 1 aromatic carbocycles. The molecule has 26 heavy (non-hydrogen) atoms. The van der Waals surface area contributed by atoms with Gasteiger partial charge in [-0.1, -0.05) is 12.1 Å². The van der Waals surface area contributed by atoms with Crippen molar-refractivity contribution >= 4 is 11.7 Å². The molecule has 0 radical (unpaired) electrons. The van der Waals surface area contributed by atoms with E-state index in [2.05, 4.69) is 16.2 Å². The van der Waals surface area contributed by atoms with E-state index in [1.165, 1.54) is 6.20 Å². The van der Waals surface area contributed by atoms with Crippen molar-refractivity contribution in [2.24, 2.45) is 0 Å². The lowest BCUT2D eigenvalue weighted by Gasteiger charge is -2.11. The summed E-state index contributed by atoms with van der Waals surface area (Å²) in [6.07, 6.45) is 10.1. The number of terminal acetylenes is 1. The van der Waals surface area contributed by atoms with Crippen LogP contribution in [0.1, 0.15) is 41.6 Å². The second kappa shape index (κ2) is 10.0. The maximum atomic E-state index is 14.5. The predicted molar refractivity (Wildman–Crippen MR) is 99.0 cm³/mol. The highest BCUT2D eigenvalue weighted by atomic mass is 19.1. The van der Waals surface area contributed by atoms with Crippen LogP contribution in [0.15, 0.2) is 36.5 Å². The molecule has 0 spiro atoms. The monoisotopic (exact) mass is 355 g/mol. The number of carbonyl (C=O) groups is 1. The Morgan fingerprint density at radius 2 is 2.12 bits per heavy atom. The Balaban J connectivity index is 1.89. The number of carbonyl (C=O) groups excluding carboxylic acids is 1.